The van der Waals surface area contributed by atoms with E-state index in [0.717, 1.165) is 23.9 Å². The minimum atomic E-state index is 0.0575. The van der Waals surface area contributed by atoms with Gasteiger partial charge in [0.05, 0.1) is 0 Å². The Kier molecular flexibility index (Phi) is 5.47. The summed E-state index contributed by atoms with van der Waals surface area (Å²) in [5, 5.41) is 11.9. The SMILES string of the molecule is CCC(C)(C)c1ccccc1-c1ccc2n[nH]nc2c1-c1ccccc1C(C)(C)CC. The summed E-state index contributed by atoms with van der Waals surface area (Å²) in [6.07, 6.45) is 2.14. The number of hydrogen-bond donors (Lipinski definition) is 1. The van der Waals surface area contributed by atoms with Crippen LogP contribution in [0.15, 0.2) is 60.7 Å². The molecule has 0 unspecified atom stereocenters. The number of H-pyrrole nitrogens is 1. The number of hydrogen-bond acceptors (Lipinski definition) is 2. The van der Waals surface area contributed by atoms with Crippen LogP contribution in [0.4, 0.5) is 0 Å². The van der Waals surface area contributed by atoms with Gasteiger partial charge in [0, 0.05) is 5.56 Å². The maximum atomic E-state index is 4.61. The summed E-state index contributed by atoms with van der Waals surface area (Å²) in [5.74, 6) is 0. The van der Waals surface area contributed by atoms with Gasteiger partial charge in [-0.3, -0.25) is 0 Å². The monoisotopic (exact) mass is 411 g/mol. The van der Waals surface area contributed by atoms with Gasteiger partial charge in [0.2, 0.25) is 0 Å². The Morgan fingerprint density at radius 1 is 0.645 bits per heavy atom. The lowest BCUT2D eigenvalue weighted by Gasteiger charge is -2.29. The molecule has 0 atom stereocenters. The van der Waals surface area contributed by atoms with Crippen molar-refractivity contribution in [1.29, 1.82) is 0 Å². The van der Waals surface area contributed by atoms with Crippen LogP contribution in [-0.4, -0.2) is 15.4 Å². The van der Waals surface area contributed by atoms with Crippen molar-refractivity contribution in [2.24, 2.45) is 0 Å². The highest BCUT2D eigenvalue weighted by Crippen LogP contribution is 2.45. The quantitative estimate of drug-likeness (QED) is 0.354. The van der Waals surface area contributed by atoms with Gasteiger partial charge in [-0.2, -0.15) is 15.4 Å². The smallest absolute Gasteiger partial charge is 0.121 e. The molecule has 0 fully saturated rings. The largest absolute Gasteiger partial charge is 0.197 e. The topological polar surface area (TPSA) is 41.6 Å². The van der Waals surface area contributed by atoms with E-state index in [1.807, 2.05) is 0 Å². The van der Waals surface area contributed by atoms with Crippen molar-refractivity contribution in [1.82, 2.24) is 15.4 Å². The zero-order valence-electron chi connectivity index (χ0n) is 19.6. The third-order valence-corrected chi connectivity index (χ3v) is 7.13. The van der Waals surface area contributed by atoms with Gasteiger partial charge in [0.25, 0.3) is 0 Å². The number of nitrogens with one attached hydrogen (secondary N) is 1. The van der Waals surface area contributed by atoms with Crippen LogP contribution in [0.3, 0.4) is 0 Å². The lowest BCUT2D eigenvalue weighted by atomic mass is 9.75. The normalized spacial score (nSPS) is 12.5. The molecule has 0 spiro atoms. The molecule has 0 saturated heterocycles. The molecule has 4 aromatic rings. The molecule has 0 bridgehead atoms. The van der Waals surface area contributed by atoms with E-state index in [0.29, 0.717) is 0 Å². The first kappa shape index (κ1) is 21.3. The van der Waals surface area contributed by atoms with Gasteiger partial charge in [-0.15, -0.1) is 0 Å². The van der Waals surface area contributed by atoms with Crippen molar-refractivity contribution in [2.75, 3.05) is 0 Å². The highest BCUT2D eigenvalue weighted by molar-refractivity contribution is 6.02. The highest BCUT2D eigenvalue weighted by atomic mass is 15.3. The van der Waals surface area contributed by atoms with E-state index in [2.05, 4.69) is 118 Å². The van der Waals surface area contributed by atoms with E-state index in [4.69, 9.17) is 0 Å². The van der Waals surface area contributed by atoms with Gasteiger partial charge >= 0.3 is 0 Å². The van der Waals surface area contributed by atoms with Crippen LogP contribution in [0.1, 0.15) is 65.5 Å². The van der Waals surface area contributed by atoms with Crippen molar-refractivity contribution in [2.45, 2.75) is 65.2 Å². The fourth-order valence-electron chi connectivity index (χ4n) is 4.39. The lowest BCUT2D eigenvalue weighted by Crippen LogP contribution is -2.18. The first-order valence-corrected chi connectivity index (χ1v) is 11.3. The standard InChI is InChI=1S/C28H33N3/c1-7-27(3,4)22-15-11-9-13-19(22)20-17-18-24-26(30-31-29-24)25(20)21-14-10-12-16-23(21)28(5,6)8-2/h9-18H,7-8H2,1-6H3,(H,29,30,31). The van der Waals surface area contributed by atoms with E-state index < -0.39 is 0 Å². The minimum Gasteiger partial charge on any atom is -0.197 e. The maximum absolute atomic E-state index is 4.61. The van der Waals surface area contributed by atoms with Gasteiger partial charge in [0.15, 0.2) is 0 Å². The number of rotatable bonds is 6. The van der Waals surface area contributed by atoms with E-state index in [9.17, 15) is 0 Å². The van der Waals surface area contributed by atoms with E-state index in [1.54, 1.807) is 0 Å². The molecule has 0 aliphatic carbocycles. The Balaban J connectivity index is 2.10. The van der Waals surface area contributed by atoms with Gasteiger partial charge in [-0.1, -0.05) is 96.1 Å². The predicted molar refractivity (Wildman–Crippen MR) is 131 cm³/mol. The number of aromatic amines is 1. The summed E-state index contributed by atoms with van der Waals surface area (Å²) in [6.45, 7) is 13.8. The van der Waals surface area contributed by atoms with Crippen molar-refractivity contribution >= 4 is 11.0 Å². The molecule has 0 aliphatic heterocycles. The predicted octanol–water partition coefficient (Wildman–Crippen LogP) is 7.67. The number of aromatic nitrogens is 3. The molecule has 0 amide bonds. The number of nitrogens with zero attached hydrogens (tertiary/aromatic N) is 2. The molecule has 1 aromatic heterocycles. The molecule has 1 heterocycles. The second-order valence-corrected chi connectivity index (χ2v) is 9.75. The fraction of sp³-hybridized carbons (Fsp3) is 0.357. The van der Waals surface area contributed by atoms with Crippen molar-refractivity contribution < 1.29 is 0 Å². The second-order valence-electron chi connectivity index (χ2n) is 9.75. The summed E-state index contributed by atoms with van der Waals surface area (Å²) in [6, 6.07) is 21.9. The molecular weight excluding hydrogens is 378 g/mol. The first-order chi connectivity index (χ1) is 14.8. The highest BCUT2D eigenvalue weighted by Gasteiger charge is 2.27. The summed E-state index contributed by atoms with van der Waals surface area (Å²) >= 11 is 0. The Bertz CT molecular complexity index is 1210. The van der Waals surface area contributed by atoms with Crippen LogP contribution < -0.4 is 0 Å². The molecule has 1 N–H and O–H groups in total. The van der Waals surface area contributed by atoms with Gasteiger partial charge in [-0.25, -0.2) is 0 Å². The summed E-state index contributed by atoms with van der Waals surface area (Å²) < 4.78 is 0. The Morgan fingerprint density at radius 3 is 1.81 bits per heavy atom. The average Bonchev–Trinajstić information content (AvgIpc) is 3.27. The minimum absolute atomic E-state index is 0.0575. The van der Waals surface area contributed by atoms with Gasteiger partial charge in [0.1, 0.15) is 11.0 Å². The molecule has 0 saturated carbocycles. The van der Waals surface area contributed by atoms with E-state index in [1.165, 1.54) is 33.4 Å². The third-order valence-electron chi connectivity index (χ3n) is 7.13. The Labute approximate surface area is 185 Å². The molecule has 31 heavy (non-hydrogen) atoms. The van der Waals surface area contributed by atoms with Crippen molar-refractivity contribution in [3.8, 4) is 22.3 Å². The van der Waals surface area contributed by atoms with Crippen LogP contribution in [0.2, 0.25) is 0 Å². The summed E-state index contributed by atoms with van der Waals surface area (Å²) in [4.78, 5) is 0. The molecule has 3 aromatic carbocycles. The molecule has 4 rings (SSSR count). The molecule has 3 heteroatoms. The first-order valence-electron chi connectivity index (χ1n) is 11.3. The summed E-state index contributed by atoms with van der Waals surface area (Å²) in [7, 11) is 0. The van der Waals surface area contributed by atoms with E-state index >= 15 is 0 Å². The van der Waals surface area contributed by atoms with Crippen LogP contribution in [0.25, 0.3) is 33.3 Å². The third kappa shape index (κ3) is 3.67. The van der Waals surface area contributed by atoms with Gasteiger partial charge in [-0.05, 0) is 57.6 Å². The Hall–Kier alpha value is -2.94. The van der Waals surface area contributed by atoms with Gasteiger partial charge < -0.3 is 0 Å². The van der Waals surface area contributed by atoms with Crippen LogP contribution in [-0.2, 0) is 10.8 Å². The molecule has 160 valence electrons. The zero-order chi connectivity index (χ0) is 22.2. The van der Waals surface area contributed by atoms with Crippen molar-refractivity contribution in [3.63, 3.8) is 0 Å². The molecular formula is C28H33N3. The zero-order valence-corrected chi connectivity index (χ0v) is 19.6. The summed E-state index contributed by atoms with van der Waals surface area (Å²) in [5.41, 5.74) is 9.59. The van der Waals surface area contributed by atoms with Crippen molar-refractivity contribution in [3.05, 3.63) is 71.8 Å². The molecule has 0 radical (unpaired) electrons. The van der Waals surface area contributed by atoms with E-state index in [-0.39, 0.29) is 10.8 Å². The molecule has 0 aliphatic rings. The maximum Gasteiger partial charge on any atom is 0.121 e. The average molecular weight is 412 g/mol. The second kappa shape index (κ2) is 7.96. The number of benzene rings is 3. The Morgan fingerprint density at radius 2 is 1.19 bits per heavy atom. The van der Waals surface area contributed by atoms with Crippen LogP contribution >= 0.6 is 0 Å². The number of fused-ring (bicyclic) bond motifs is 1. The lowest BCUT2D eigenvalue weighted by molar-refractivity contribution is 0.507. The fourth-order valence-corrected chi connectivity index (χ4v) is 4.39. The van der Waals surface area contributed by atoms with Crippen LogP contribution in [0.5, 0.6) is 0 Å². The molecule has 3 nitrogen and oxygen atoms in total. The van der Waals surface area contributed by atoms with Crippen LogP contribution in [0, 0.1) is 0 Å².